The summed E-state index contributed by atoms with van der Waals surface area (Å²) < 4.78 is 64.0. The van der Waals surface area contributed by atoms with Crippen LogP contribution in [0.2, 0.25) is 0 Å². The number of alkyl halides is 1. The molecule has 0 aromatic heterocycles. The number of hydrogen-bond donors (Lipinski definition) is 1. The molecule has 7 heteroatoms. The standard InChI is InChI=1S/C9H5F5OS/c10-4(2-6(15)16)3-1-5(11)8(13)9(14)7(3)12/h1,4H,2H2,(H,15,16). The third-order valence-electron chi connectivity index (χ3n) is 1.82. The van der Waals surface area contributed by atoms with Gasteiger partial charge in [0.25, 0.3) is 0 Å². The molecule has 1 nitrogen and oxygen atoms in total. The van der Waals surface area contributed by atoms with Crippen LogP contribution in [0.25, 0.3) is 0 Å². The highest BCUT2D eigenvalue weighted by Crippen LogP contribution is 2.28. The number of halogens is 5. The minimum Gasteiger partial charge on any atom is -0.287 e. The maximum absolute atomic E-state index is 13.2. The third-order valence-corrected chi connectivity index (χ3v) is 2.00. The van der Waals surface area contributed by atoms with Gasteiger partial charge < -0.3 is 0 Å². The molecule has 1 atom stereocenters. The molecule has 1 rings (SSSR count). The van der Waals surface area contributed by atoms with Crippen molar-refractivity contribution in [3.8, 4) is 0 Å². The second-order valence-corrected chi connectivity index (χ2v) is 3.45. The second-order valence-electron chi connectivity index (χ2n) is 2.95. The van der Waals surface area contributed by atoms with E-state index >= 15 is 0 Å². The molecule has 0 saturated heterocycles. The molecule has 0 aliphatic rings. The summed E-state index contributed by atoms with van der Waals surface area (Å²) in [4.78, 5) is 10.4. The quantitative estimate of drug-likeness (QED) is 0.380. The van der Waals surface area contributed by atoms with E-state index in [-0.39, 0.29) is 6.07 Å². The van der Waals surface area contributed by atoms with Crippen molar-refractivity contribution in [2.24, 2.45) is 0 Å². The lowest BCUT2D eigenvalue weighted by Crippen LogP contribution is -2.06. The van der Waals surface area contributed by atoms with Gasteiger partial charge in [0.15, 0.2) is 28.4 Å². The van der Waals surface area contributed by atoms with Gasteiger partial charge in [-0.25, -0.2) is 22.0 Å². The van der Waals surface area contributed by atoms with Crippen molar-refractivity contribution in [2.75, 3.05) is 0 Å². The predicted molar refractivity (Wildman–Crippen MR) is 48.7 cm³/mol. The maximum Gasteiger partial charge on any atom is 0.197 e. The molecular weight excluding hydrogens is 251 g/mol. The van der Waals surface area contributed by atoms with Crippen molar-refractivity contribution in [1.82, 2.24) is 0 Å². The summed E-state index contributed by atoms with van der Waals surface area (Å²) in [7, 11) is 0. The molecule has 0 aliphatic carbocycles. The molecule has 1 aromatic rings. The van der Waals surface area contributed by atoms with Gasteiger partial charge in [-0.05, 0) is 6.07 Å². The zero-order valence-electron chi connectivity index (χ0n) is 7.61. The molecule has 0 radical (unpaired) electrons. The second kappa shape index (κ2) is 4.82. The van der Waals surface area contributed by atoms with Gasteiger partial charge in [0.05, 0.1) is 6.42 Å². The van der Waals surface area contributed by atoms with E-state index in [9.17, 15) is 26.7 Å². The lowest BCUT2D eigenvalue weighted by atomic mass is 10.1. The van der Waals surface area contributed by atoms with Crippen LogP contribution in [0.5, 0.6) is 0 Å². The normalized spacial score (nSPS) is 12.6. The Hall–Kier alpha value is -1.11. The first-order valence-corrected chi connectivity index (χ1v) is 4.48. The minimum atomic E-state index is -2.27. The van der Waals surface area contributed by atoms with Gasteiger partial charge in [0.1, 0.15) is 6.17 Å². The van der Waals surface area contributed by atoms with Gasteiger partial charge in [-0.3, -0.25) is 4.79 Å². The fourth-order valence-corrected chi connectivity index (χ4v) is 1.24. The Morgan fingerprint density at radius 3 is 2.25 bits per heavy atom. The van der Waals surface area contributed by atoms with Crippen molar-refractivity contribution in [3.05, 3.63) is 34.9 Å². The number of thiol groups is 1. The average molecular weight is 256 g/mol. The van der Waals surface area contributed by atoms with Gasteiger partial charge in [-0.1, -0.05) is 0 Å². The lowest BCUT2D eigenvalue weighted by molar-refractivity contribution is -0.111. The molecule has 88 valence electrons. The molecule has 0 N–H and O–H groups in total. The third kappa shape index (κ3) is 2.52. The zero-order chi connectivity index (χ0) is 12.5. The smallest absolute Gasteiger partial charge is 0.197 e. The summed E-state index contributed by atoms with van der Waals surface area (Å²) in [5.74, 6) is -7.70. The van der Waals surface area contributed by atoms with Gasteiger partial charge in [-0.2, -0.15) is 0 Å². The highest BCUT2D eigenvalue weighted by Gasteiger charge is 2.24. The van der Waals surface area contributed by atoms with Gasteiger partial charge in [0.2, 0.25) is 0 Å². The Kier molecular flexibility index (Phi) is 3.90. The first kappa shape index (κ1) is 13.0. The average Bonchev–Trinajstić information content (AvgIpc) is 2.19. The van der Waals surface area contributed by atoms with Crippen LogP contribution in [-0.4, -0.2) is 5.12 Å². The summed E-state index contributed by atoms with van der Waals surface area (Å²) in [5.41, 5.74) is -1.04. The Labute approximate surface area is 92.7 Å². The molecule has 0 amide bonds. The molecule has 0 saturated carbocycles. The Morgan fingerprint density at radius 2 is 1.75 bits per heavy atom. The molecule has 0 aliphatic heterocycles. The lowest BCUT2D eigenvalue weighted by Gasteiger charge is -2.09. The van der Waals surface area contributed by atoms with Crippen molar-refractivity contribution >= 4 is 17.7 Å². The number of hydrogen-bond acceptors (Lipinski definition) is 1. The topological polar surface area (TPSA) is 17.1 Å². The van der Waals surface area contributed by atoms with Gasteiger partial charge >= 0.3 is 0 Å². The van der Waals surface area contributed by atoms with Crippen molar-refractivity contribution in [1.29, 1.82) is 0 Å². The minimum absolute atomic E-state index is 0.176. The molecule has 0 spiro atoms. The predicted octanol–water partition coefficient (Wildman–Crippen LogP) is 3.10. The first-order valence-electron chi connectivity index (χ1n) is 4.03. The Balaban J connectivity index is 3.19. The van der Waals surface area contributed by atoms with Crippen LogP contribution < -0.4 is 0 Å². The number of carbonyl (C=O) groups is 1. The van der Waals surface area contributed by atoms with E-state index < -0.39 is 46.5 Å². The molecular formula is C9H5F5OS. The summed E-state index contributed by atoms with van der Waals surface area (Å²) >= 11 is 3.23. The highest BCUT2D eigenvalue weighted by atomic mass is 32.1. The van der Waals surface area contributed by atoms with Crippen LogP contribution >= 0.6 is 12.6 Å². The Bertz CT molecular complexity index is 434. The van der Waals surface area contributed by atoms with E-state index in [2.05, 4.69) is 12.6 Å². The molecule has 1 unspecified atom stereocenters. The van der Waals surface area contributed by atoms with Crippen LogP contribution in [0.4, 0.5) is 22.0 Å². The van der Waals surface area contributed by atoms with E-state index in [1.54, 1.807) is 0 Å². The van der Waals surface area contributed by atoms with Crippen LogP contribution in [-0.2, 0) is 4.79 Å². The summed E-state index contributed by atoms with van der Waals surface area (Å²) in [6, 6.07) is 0.176. The van der Waals surface area contributed by atoms with E-state index in [4.69, 9.17) is 0 Å². The van der Waals surface area contributed by atoms with Gasteiger partial charge in [0, 0.05) is 5.56 Å². The van der Waals surface area contributed by atoms with E-state index in [0.717, 1.165) is 0 Å². The fourth-order valence-electron chi connectivity index (χ4n) is 1.08. The molecule has 1 aromatic carbocycles. The molecule has 0 bridgehead atoms. The monoisotopic (exact) mass is 256 g/mol. The van der Waals surface area contributed by atoms with E-state index in [1.165, 1.54) is 0 Å². The summed E-state index contributed by atoms with van der Waals surface area (Å²) in [6.45, 7) is 0. The largest absolute Gasteiger partial charge is 0.287 e. The van der Waals surface area contributed by atoms with E-state index in [0.29, 0.717) is 0 Å². The SMILES string of the molecule is O=C(S)CC(F)c1cc(F)c(F)c(F)c1F. The van der Waals surface area contributed by atoms with E-state index in [1.807, 2.05) is 0 Å². The summed E-state index contributed by atoms with van der Waals surface area (Å²) in [5, 5.41) is -0.919. The first-order chi connectivity index (χ1) is 7.34. The molecule has 0 fully saturated rings. The van der Waals surface area contributed by atoms with Gasteiger partial charge in [-0.15, -0.1) is 12.6 Å². The number of carbonyl (C=O) groups excluding carboxylic acids is 1. The van der Waals surface area contributed by atoms with Crippen molar-refractivity contribution < 1.29 is 26.7 Å². The van der Waals surface area contributed by atoms with Crippen molar-refractivity contribution in [3.63, 3.8) is 0 Å². The van der Waals surface area contributed by atoms with Crippen LogP contribution in [0.15, 0.2) is 6.07 Å². The molecule has 0 heterocycles. The number of rotatable bonds is 3. The van der Waals surface area contributed by atoms with Crippen LogP contribution in [0, 0.1) is 23.3 Å². The zero-order valence-corrected chi connectivity index (χ0v) is 8.50. The number of benzene rings is 1. The van der Waals surface area contributed by atoms with Crippen LogP contribution in [0.1, 0.15) is 18.2 Å². The highest BCUT2D eigenvalue weighted by molar-refractivity contribution is 7.96. The Morgan fingerprint density at radius 1 is 1.19 bits per heavy atom. The fraction of sp³-hybridized carbons (Fsp3) is 0.222. The summed E-state index contributed by atoms with van der Waals surface area (Å²) in [6.07, 6.45) is -3.13. The van der Waals surface area contributed by atoms with Crippen molar-refractivity contribution in [2.45, 2.75) is 12.6 Å². The maximum atomic E-state index is 13.2. The van der Waals surface area contributed by atoms with Crippen LogP contribution in [0.3, 0.4) is 0 Å². The molecule has 16 heavy (non-hydrogen) atoms.